The van der Waals surface area contributed by atoms with Gasteiger partial charge in [-0.3, -0.25) is 4.39 Å². The van der Waals surface area contributed by atoms with Gasteiger partial charge in [-0.1, -0.05) is 31.3 Å². The van der Waals surface area contributed by atoms with Crippen molar-refractivity contribution in [1.82, 2.24) is 4.98 Å². The second-order valence-electron chi connectivity index (χ2n) is 4.87. The van der Waals surface area contributed by atoms with Crippen LogP contribution in [-0.4, -0.2) is 18.2 Å². The zero-order valence-electron chi connectivity index (χ0n) is 17.9. The van der Waals surface area contributed by atoms with E-state index < -0.39 is 0 Å². The summed E-state index contributed by atoms with van der Waals surface area (Å²) >= 11 is 1.76. The SMILES string of the molecule is CC.CCF.Cc1c(CCN)sc2c(NCc3ccco3)c[c-]nc12.[CH3-].[CH3-].[U+3]. The summed E-state index contributed by atoms with van der Waals surface area (Å²) in [6.45, 7) is 8.62. The normalized spacial score (nSPS) is 8.79. The smallest absolute Gasteiger partial charge is 0.468 e. The predicted octanol–water partition coefficient (Wildman–Crippen LogP) is 6.01. The molecule has 4 nitrogen and oxygen atoms in total. The van der Waals surface area contributed by atoms with E-state index in [1.807, 2.05) is 32.0 Å². The van der Waals surface area contributed by atoms with Crippen molar-refractivity contribution in [3.05, 3.63) is 61.7 Å². The maximum atomic E-state index is 10.3. The number of rotatable bonds is 5. The number of aromatic nitrogens is 1. The number of hydrogen-bond acceptors (Lipinski definition) is 5. The van der Waals surface area contributed by atoms with Crippen molar-refractivity contribution in [2.75, 3.05) is 18.5 Å². The monoisotopic (exact) mass is 632 g/mol. The van der Waals surface area contributed by atoms with E-state index in [0.29, 0.717) is 13.1 Å². The summed E-state index contributed by atoms with van der Waals surface area (Å²) in [7, 11) is 0. The molecule has 3 N–H and O–H groups in total. The Kier molecular flexibility index (Phi) is 20.7. The molecule has 0 atom stereocenters. The molecule has 0 aliphatic rings. The average Bonchev–Trinajstić information content (AvgIpc) is 3.25. The van der Waals surface area contributed by atoms with Crippen molar-refractivity contribution < 1.29 is 39.9 Å². The molecule has 1 radical (unpaired) electrons. The second-order valence-corrected chi connectivity index (χ2v) is 5.97. The van der Waals surface area contributed by atoms with Crippen molar-refractivity contribution in [3.63, 3.8) is 0 Å². The van der Waals surface area contributed by atoms with E-state index in [4.69, 9.17) is 10.2 Å². The quantitative estimate of drug-likeness (QED) is 0.338. The van der Waals surface area contributed by atoms with Gasteiger partial charge in [0.1, 0.15) is 5.76 Å². The molecule has 7 heteroatoms. The van der Waals surface area contributed by atoms with Crippen LogP contribution in [0.2, 0.25) is 0 Å². The fraction of sp³-hybridized carbons (Fsp3) is 0.381. The number of nitrogens with two attached hydrogens (primary N) is 1. The van der Waals surface area contributed by atoms with Crippen LogP contribution in [0.15, 0.2) is 28.9 Å². The third-order valence-electron chi connectivity index (χ3n) is 3.25. The molecule has 3 aromatic rings. The van der Waals surface area contributed by atoms with E-state index in [-0.39, 0.29) is 52.6 Å². The topological polar surface area (TPSA) is 64.1 Å². The van der Waals surface area contributed by atoms with Crippen LogP contribution < -0.4 is 11.1 Å². The molecule has 0 aliphatic heterocycles. The minimum absolute atomic E-state index is 0. The molecular weight excluding hydrogens is 599 g/mol. The maximum absolute atomic E-state index is 10.3. The summed E-state index contributed by atoms with van der Waals surface area (Å²) < 4.78 is 16.8. The molecule has 0 unspecified atom stereocenters. The number of hydrogen-bond donors (Lipinski definition) is 2. The van der Waals surface area contributed by atoms with Gasteiger partial charge in [-0.2, -0.15) is 11.3 Å². The number of pyridine rings is 1. The van der Waals surface area contributed by atoms with E-state index in [1.54, 1.807) is 17.6 Å². The number of nitrogens with zero attached hydrogens (tertiary/aromatic N) is 1. The van der Waals surface area contributed by atoms with E-state index in [0.717, 1.165) is 28.1 Å². The number of nitrogens with one attached hydrogen (secondary N) is 1. The summed E-state index contributed by atoms with van der Waals surface area (Å²) in [6, 6.07) is 5.72. The van der Waals surface area contributed by atoms with Gasteiger partial charge in [-0.25, -0.2) is 0 Å². The molecular formula is C21H33FN3OSU. The summed E-state index contributed by atoms with van der Waals surface area (Å²) in [5, 5.41) is 3.39. The van der Waals surface area contributed by atoms with E-state index in [9.17, 15) is 4.39 Å². The van der Waals surface area contributed by atoms with Crippen LogP contribution in [0, 0.1) is 59.1 Å². The van der Waals surface area contributed by atoms with Gasteiger partial charge in [0.25, 0.3) is 0 Å². The Morgan fingerprint density at radius 3 is 2.50 bits per heavy atom. The Balaban J connectivity index is -0.000000717. The van der Waals surface area contributed by atoms with Gasteiger partial charge in [0.05, 0.1) is 19.5 Å². The molecule has 3 aromatic heterocycles. The number of fused-ring (bicyclic) bond motifs is 1. The first-order valence-electron chi connectivity index (χ1n) is 8.52. The van der Waals surface area contributed by atoms with E-state index in [2.05, 4.69) is 23.4 Å². The van der Waals surface area contributed by atoms with Crippen LogP contribution in [0.4, 0.5) is 10.1 Å². The molecule has 3 rings (SSSR count). The fourth-order valence-corrected chi connectivity index (χ4v) is 3.44. The number of aryl methyl sites for hydroxylation is 1. The largest absolute Gasteiger partial charge is 3.00 e. The van der Waals surface area contributed by atoms with Crippen LogP contribution in [0.5, 0.6) is 0 Å². The van der Waals surface area contributed by atoms with Crippen molar-refractivity contribution in [2.24, 2.45) is 5.73 Å². The van der Waals surface area contributed by atoms with Crippen molar-refractivity contribution in [3.8, 4) is 0 Å². The molecule has 0 spiro atoms. The van der Waals surface area contributed by atoms with Gasteiger partial charge >= 0.3 is 31.1 Å². The van der Waals surface area contributed by atoms with Crippen LogP contribution in [0.3, 0.4) is 0 Å². The first-order valence-corrected chi connectivity index (χ1v) is 9.34. The van der Waals surface area contributed by atoms with Crippen molar-refractivity contribution in [1.29, 1.82) is 0 Å². The molecule has 0 fully saturated rings. The Morgan fingerprint density at radius 1 is 1.32 bits per heavy atom. The number of alkyl halides is 1. The van der Waals surface area contributed by atoms with Gasteiger partial charge in [-0.15, -0.1) is 6.07 Å². The first-order chi connectivity index (χ1) is 12.2. The zero-order valence-corrected chi connectivity index (χ0v) is 22.8. The summed E-state index contributed by atoms with van der Waals surface area (Å²) in [4.78, 5) is 5.67. The number of anilines is 1. The van der Waals surface area contributed by atoms with Gasteiger partial charge in [0.15, 0.2) is 0 Å². The van der Waals surface area contributed by atoms with Gasteiger partial charge in [0.2, 0.25) is 0 Å². The zero-order chi connectivity index (χ0) is 18.7. The molecule has 0 aromatic carbocycles. The molecule has 28 heavy (non-hydrogen) atoms. The minimum atomic E-state index is -0.250. The molecule has 3 heterocycles. The third kappa shape index (κ3) is 9.09. The summed E-state index contributed by atoms with van der Waals surface area (Å²) in [5.41, 5.74) is 8.94. The molecule has 0 saturated heterocycles. The Morgan fingerprint density at radius 2 is 1.96 bits per heavy atom. The van der Waals surface area contributed by atoms with Crippen LogP contribution in [0.1, 0.15) is 37.0 Å². The Hall–Kier alpha value is -0.868. The minimum Gasteiger partial charge on any atom is -0.468 e. The van der Waals surface area contributed by atoms with Gasteiger partial charge in [0, 0.05) is 0 Å². The van der Waals surface area contributed by atoms with E-state index in [1.165, 1.54) is 17.4 Å². The van der Waals surface area contributed by atoms with Gasteiger partial charge in [-0.05, 0) is 54.0 Å². The van der Waals surface area contributed by atoms with E-state index >= 15 is 0 Å². The maximum Gasteiger partial charge on any atom is 3.00 e. The van der Waals surface area contributed by atoms with Crippen LogP contribution >= 0.6 is 11.3 Å². The molecule has 0 aliphatic carbocycles. The molecule has 0 amide bonds. The van der Waals surface area contributed by atoms with Gasteiger partial charge < -0.3 is 35.3 Å². The summed E-state index contributed by atoms with van der Waals surface area (Å²) in [6.07, 6.45) is 5.54. The average molecular weight is 633 g/mol. The molecule has 0 bridgehead atoms. The standard InChI is InChI=1S/C15H16N3OS.C2H5F.C2H6.2CH3.U/c1-10-13(4-6-16)20-15-12(5-7-17-14(10)15)18-9-11-3-2-8-19-11;1-2-3;1-2;;;/h2-3,5,8H,4,6,9,16H2,1H3,(H,17,18);2H2,1H3;1-2H3;2*1H3;/q-1;;;2*-1;+3. The number of furan rings is 1. The van der Waals surface area contributed by atoms with Crippen LogP contribution in [0.25, 0.3) is 10.2 Å². The fourth-order valence-electron chi connectivity index (χ4n) is 2.19. The van der Waals surface area contributed by atoms with Crippen molar-refractivity contribution in [2.45, 2.75) is 40.7 Å². The van der Waals surface area contributed by atoms with Crippen LogP contribution in [-0.2, 0) is 13.0 Å². The second kappa shape index (κ2) is 18.2. The molecule has 0 saturated carbocycles. The third-order valence-corrected chi connectivity index (χ3v) is 4.62. The number of thiophene rings is 1. The number of halogens is 1. The Bertz CT molecular complexity index is 733. The van der Waals surface area contributed by atoms with Crippen molar-refractivity contribution >= 4 is 27.2 Å². The molecule has 155 valence electrons. The summed E-state index contributed by atoms with van der Waals surface area (Å²) in [5.74, 6) is 0.908. The first kappa shape index (κ1) is 31.8. The Labute approximate surface area is 197 Å². The predicted molar refractivity (Wildman–Crippen MR) is 118 cm³/mol.